The first-order chi connectivity index (χ1) is 8.78. The molecule has 3 rings (SSSR count). The fourth-order valence-electron chi connectivity index (χ4n) is 3.33. The van der Waals surface area contributed by atoms with E-state index in [4.69, 9.17) is 4.74 Å². The van der Waals surface area contributed by atoms with Gasteiger partial charge in [0.1, 0.15) is 5.75 Å². The molecule has 1 aromatic rings. The topological polar surface area (TPSA) is 24.5 Å². The minimum Gasteiger partial charge on any atom is -0.497 e. The summed E-state index contributed by atoms with van der Waals surface area (Å²) in [5, 5.41) is 3.52. The molecular formula is C15H22N2O. The van der Waals surface area contributed by atoms with Crippen molar-refractivity contribution in [1.29, 1.82) is 0 Å². The molecule has 0 spiro atoms. The molecule has 3 heteroatoms. The molecule has 98 valence electrons. The van der Waals surface area contributed by atoms with Gasteiger partial charge < -0.3 is 15.0 Å². The Bertz CT molecular complexity index is 433. The van der Waals surface area contributed by atoms with Gasteiger partial charge in [-0.2, -0.15) is 0 Å². The number of fused-ring (bicyclic) bond motifs is 1. The summed E-state index contributed by atoms with van der Waals surface area (Å²) >= 11 is 0. The molecule has 0 bridgehead atoms. The predicted octanol–water partition coefficient (Wildman–Crippen LogP) is 2.69. The van der Waals surface area contributed by atoms with Crippen LogP contribution in [-0.4, -0.2) is 38.2 Å². The lowest BCUT2D eigenvalue weighted by atomic mass is 9.93. The van der Waals surface area contributed by atoms with Gasteiger partial charge in [0, 0.05) is 24.2 Å². The molecular weight excluding hydrogens is 224 g/mol. The molecule has 1 aromatic carbocycles. The van der Waals surface area contributed by atoms with E-state index in [0.717, 1.165) is 18.3 Å². The monoisotopic (exact) mass is 246 g/mol. The number of hydrogen-bond donors (Lipinski definition) is 1. The van der Waals surface area contributed by atoms with Crippen LogP contribution >= 0.6 is 0 Å². The average molecular weight is 246 g/mol. The Morgan fingerprint density at radius 1 is 1.44 bits per heavy atom. The number of rotatable bonds is 3. The molecule has 2 atom stereocenters. The molecule has 2 heterocycles. The first-order valence-corrected chi connectivity index (χ1v) is 6.90. The molecule has 1 fully saturated rings. The molecule has 0 radical (unpaired) electrons. The van der Waals surface area contributed by atoms with Crippen LogP contribution < -0.4 is 10.1 Å². The van der Waals surface area contributed by atoms with E-state index in [2.05, 4.69) is 29.4 Å². The van der Waals surface area contributed by atoms with Crippen molar-refractivity contribution in [1.82, 2.24) is 4.90 Å². The van der Waals surface area contributed by atoms with Crippen molar-refractivity contribution in [2.75, 3.05) is 32.6 Å². The van der Waals surface area contributed by atoms with E-state index in [1.54, 1.807) is 7.11 Å². The van der Waals surface area contributed by atoms with Gasteiger partial charge in [0.05, 0.1) is 7.11 Å². The van der Waals surface area contributed by atoms with Gasteiger partial charge in [0.25, 0.3) is 0 Å². The highest BCUT2D eigenvalue weighted by Gasteiger charge is 2.29. The molecule has 0 amide bonds. The molecule has 0 aromatic heterocycles. The molecule has 1 N–H and O–H groups in total. The largest absolute Gasteiger partial charge is 0.497 e. The number of ether oxygens (including phenoxy) is 1. The number of benzene rings is 1. The van der Waals surface area contributed by atoms with E-state index in [-0.39, 0.29) is 0 Å². The molecule has 0 saturated carbocycles. The van der Waals surface area contributed by atoms with Crippen LogP contribution in [0.25, 0.3) is 0 Å². The summed E-state index contributed by atoms with van der Waals surface area (Å²) in [6.07, 6.45) is 3.97. The molecule has 2 unspecified atom stereocenters. The Morgan fingerprint density at radius 3 is 3.06 bits per heavy atom. The van der Waals surface area contributed by atoms with E-state index in [9.17, 15) is 0 Å². The molecule has 2 aliphatic rings. The van der Waals surface area contributed by atoms with Gasteiger partial charge in [-0.1, -0.05) is 0 Å². The summed E-state index contributed by atoms with van der Waals surface area (Å²) in [5.41, 5.74) is 2.73. The van der Waals surface area contributed by atoms with Crippen LogP contribution in [0.4, 0.5) is 5.69 Å². The maximum atomic E-state index is 5.34. The van der Waals surface area contributed by atoms with E-state index in [0.29, 0.717) is 5.92 Å². The van der Waals surface area contributed by atoms with Crippen molar-refractivity contribution in [2.24, 2.45) is 0 Å². The van der Waals surface area contributed by atoms with Crippen molar-refractivity contribution in [3.05, 3.63) is 23.8 Å². The Morgan fingerprint density at radius 2 is 2.33 bits per heavy atom. The summed E-state index contributed by atoms with van der Waals surface area (Å²) in [6, 6.07) is 7.14. The standard InChI is InChI=1S/C15H22N2O/c1-17-7-3-4-12(17)8-11-10-16-15-6-5-13(18-2)9-14(11)15/h5-6,9,11-12,16H,3-4,7-8,10H2,1-2H3. The number of hydrogen-bond acceptors (Lipinski definition) is 3. The van der Waals surface area contributed by atoms with E-state index < -0.39 is 0 Å². The highest BCUT2D eigenvalue weighted by Crippen LogP contribution is 2.38. The Hall–Kier alpha value is -1.22. The highest BCUT2D eigenvalue weighted by molar-refractivity contribution is 5.60. The van der Waals surface area contributed by atoms with Gasteiger partial charge in [-0.05, 0) is 56.6 Å². The lowest BCUT2D eigenvalue weighted by molar-refractivity contribution is 0.285. The zero-order chi connectivity index (χ0) is 12.5. The van der Waals surface area contributed by atoms with Gasteiger partial charge >= 0.3 is 0 Å². The summed E-state index contributed by atoms with van der Waals surface area (Å²) in [7, 11) is 4.00. The second-order valence-corrected chi connectivity index (χ2v) is 5.54. The van der Waals surface area contributed by atoms with Crippen LogP contribution in [-0.2, 0) is 0 Å². The number of methoxy groups -OCH3 is 1. The van der Waals surface area contributed by atoms with Crippen molar-refractivity contribution >= 4 is 5.69 Å². The summed E-state index contributed by atoms with van der Waals surface area (Å²) in [5.74, 6) is 1.61. The molecule has 0 aliphatic carbocycles. The zero-order valence-corrected chi connectivity index (χ0v) is 11.3. The smallest absolute Gasteiger partial charge is 0.119 e. The van der Waals surface area contributed by atoms with Crippen LogP contribution in [0.15, 0.2) is 18.2 Å². The van der Waals surface area contributed by atoms with Crippen LogP contribution in [0, 0.1) is 0 Å². The van der Waals surface area contributed by atoms with Gasteiger partial charge in [-0.15, -0.1) is 0 Å². The lowest BCUT2D eigenvalue weighted by Gasteiger charge is -2.22. The third-order valence-electron chi connectivity index (χ3n) is 4.47. The Labute approximate surface area is 109 Å². The van der Waals surface area contributed by atoms with E-state index in [1.807, 2.05) is 6.07 Å². The fourth-order valence-corrected chi connectivity index (χ4v) is 3.33. The Kier molecular flexibility index (Phi) is 3.16. The van der Waals surface area contributed by atoms with Crippen LogP contribution in [0.5, 0.6) is 5.75 Å². The summed E-state index contributed by atoms with van der Waals surface area (Å²) < 4.78 is 5.34. The van der Waals surface area contributed by atoms with Crippen molar-refractivity contribution in [2.45, 2.75) is 31.2 Å². The number of nitrogens with one attached hydrogen (secondary N) is 1. The predicted molar refractivity (Wildman–Crippen MR) is 74.5 cm³/mol. The number of nitrogens with zero attached hydrogens (tertiary/aromatic N) is 1. The van der Waals surface area contributed by atoms with Gasteiger partial charge in [-0.25, -0.2) is 0 Å². The van der Waals surface area contributed by atoms with Crippen LogP contribution in [0.1, 0.15) is 30.7 Å². The van der Waals surface area contributed by atoms with Gasteiger partial charge in [0.2, 0.25) is 0 Å². The molecule has 3 nitrogen and oxygen atoms in total. The second kappa shape index (κ2) is 4.81. The number of anilines is 1. The van der Waals surface area contributed by atoms with Crippen LogP contribution in [0.2, 0.25) is 0 Å². The molecule has 18 heavy (non-hydrogen) atoms. The van der Waals surface area contributed by atoms with Gasteiger partial charge in [0.15, 0.2) is 0 Å². The first-order valence-electron chi connectivity index (χ1n) is 6.90. The van der Waals surface area contributed by atoms with Crippen molar-refractivity contribution in [3.63, 3.8) is 0 Å². The Balaban J connectivity index is 1.76. The van der Waals surface area contributed by atoms with Gasteiger partial charge in [-0.3, -0.25) is 0 Å². The third-order valence-corrected chi connectivity index (χ3v) is 4.47. The minimum atomic E-state index is 0.639. The normalized spacial score (nSPS) is 27.0. The first kappa shape index (κ1) is 11.8. The summed E-state index contributed by atoms with van der Waals surface area (Å²) in [4.78, 5) is 2.51. The maximum Gasteiger partial charge on any atom is 0.119 e. The maximum absolute atomic E-state index is 5.34. The summed E-state index contributed by atoms with van der Waals surface area (Å²) in [6.45, 7) is 2.34. The van der Waals surface area contributed by atoms with Crippen molar-refractivity contribution in [3.8, 4) is 5.75 Å². The highest BCUT2D eigenvalue weighted by atomic mass is 16.5. The average Bonchev–Trinajstić information content (AvgIpc) is 2.97. The van der Waals surface area contributed by atoms with E-state index in [1.165, 1.54) is 37.1 Å². The molecule has 2 aliphatic heterocycles. The molecule has 1 saturated heterocycles. The zero-order valence-electron chi connectivity index (χ0n) is 11.3. The number of likely N-dealkylation sites (tertiary alicyclic amines) is 1. The lowest BCUT2D eigenvalue weighted by Crippen LogP contribution is -2.27. The fraction of sp³-hybridized carbons (Fsp3) is 0.600. The second-order valence-electron chi connectivity index (χ2n) is 5.54. The third kappa shape index (κ3) is 2.07. The van der Waals surface area contributed by atoms with Crippen molar-refractivity contribution < 1.29 is 4.74 Å². The van der Waals surface area contributed by atoms with E-state index >= 15 is 0 Å². The quantitative estimate of drug-likeness (QED) is 0.887. The van der Waals surface area contributed by atoms with Crippen LogP contribution in [0.3, 0.4) is 0 Å². The minimum absolute atomic E-state index is 0.639. The SMILES string of the molecule is COc1ccc2c(c1)C(CC1CCCN1C)CN2.